The van der Waals surface area contributed by atoms with Crippen molar-refractivity contribution in [2.45, 2.75) is 45.2 Å². The zero-order chi connectivity index (χ0) is 15.8. The fraction of sp³-hybridized carbons (Fsp3) is 0.538. The molecule has 116 valence electrons. The lowest BCUT2D eigenvalue weighted by molar-refractivity contribution is 0.390. The van der Waals surface area contributed by atoms with E-state index in [-0.39, 0.29) is 17.5 Å². The molecule has 1 N–H and O–H groups in total. The minimum Gasteiger partial charge on any atom is -0.361 e. The number of H-pyrrole nitrogens is 1. The smallest absolute Gasteiger partial charge is 0.260 e. The number of sulfonamides is 1. The number of aromatic nitrogens is 3. The summed E-state index contributed by atoms with van der Waals surface area (Å²) in [6.45, 7) is 7.66. The zero-order valence-corrected chi connectivity index (χ0v) is 13.7. The van der Waals surface area contributed by atoms with Gasteiger partial charge < -0.3 is 9.51 Å². The van der Waals surface area contributed by atoms with Gasteiger partial charge in [-0.15, -0.1) is 0 Å². The van der Waals surface area contributed by atoms with Crippen molar-refractivity contribution in [2.75, 3.05) is 7.05 Å². The lowest BCUT2D eigenvalue weighted by Crippen LogP contribution is -2.27. The van der Waals surface area contributed by atoms with Gasteiger partial charge in [-0.3, -0.25) is 0 Å². The van der Waals surface area contributed by atoms with E-state index in [2.05, 4.69) is 15.1 Å². The van der Waals surface area contributed by atoms with Gasteiger partial charge in [-0.2, -0.15) is 4.31 Å². The predicted octanol–water partition coefficient (Wildman–Crippen LogP) is 1.96. The van der Waals surface area contributed by atoms with E-state index < -0.39 is 10.0 Å². The summed E-state index contributed by atoms with van der Waals surface area (Å²) in [5.74, 6) is 1.42. The second-order valence-corrected chi connectivity index (χ2v) is 7.36. The number of nitrogens with zero attached hydrogens (tertiary/aromatic N) is 3. The zero-order valence-electron chi connectivity index (χ0n) is 12.8. The molecule has 0 radical (unpaired) electrons. The van der Waals surface area contributed by atoms with Crippen LogP contribution in [0.25, 0.3) is 0 Å². The molecule has 0 bridgehead atoms. The Bertz CT molecular complexity index is 711. The van der Waals surface area contributed by atoms with Crippen molar-refractivity contribution in [3.63, 3.8) is 0 Å². The summed E-state index contributed by atoms with van der Waals surface area (Å²) in [6.07, 6.45) is 1.36. The normalized spacial score (nSPS) is 12.5. The Kier molecular flexibility index (Phi) is 4.20. The van der Waals surface area contributed by atoms with Gasteiger partial charge in [0.15, 0.2) is 5.03 Å². The minimum atomic E-state index is -3.62. The highest BCUT2D eigenvalue weighted by atomic mass is 32.2. The molecule has 2 heterocycles. The van der Waals surface area contributed by atoms with Crippen LogP contribution >= 0.6 is 0 Å². The van der Waals surface area contributed by atoms with Crippen molar-refractivity contribution in [1.82, 2.24) is 19.4 Å². The Morgan fingerprint density at radius 1 is 1.38 bits per heavy atom. The van der Waals surface area contributed by atoms with Crippen LogP contribution in [0, 0.1) is 13.8 Å². The third-order valence-corrected chi connectivity index (χ3v) is 5.08. The molecule has 2 aromatic heterocycles. The van der Waals surface area contributed by atoms with Crippen molar-refractivity contribution in [1.29, 1.82) is 0 Å². The highest BCUT2D eigenvalue weighted by Gasteiger charge is 2.25. The van der Waals surface area contributed by atoms with E-state index >= 15 is 0 Å². The highest BCUT2D eigenvalue weighted by Crippen LogP contribution is 2.20. The van der Waals surface area contributed by atoms with Gasteiger partial charge in [-0.1, -0.05) is 19.0 Å². The molecule has 7 nitrogen and oxygen atoms in total. The van der Waals surface area contributed by atoms with Crippen LogP contribution in [-0.2, 0) is 16.6 Å². The van der Waals surface area contributed by atoms with Gasteiger partial charge in [-0.05, 0) is 13.8 Å². The van der Waals surface area contributed by atoms with Crippen LogP contribution in [0.15, 0.2) is 15.7 Å². The van der Waals surface area contributed by atoms with Crippen LogP contribution in [0.5, 0.6) is 0 Å². The van der Waals surface area contributed by atoms with Gasteiger partial charge in [0.1, 0.15) is 11.6 Å². The lowest BCUT2D eigenvalue weighted by Gasteiger charge is -2.15. The van der Waals surface area contributed by atoms with Crippen LogP contribution in [-0.4, -0.2) is 34.9 Å². The topological polar surface area (TPSA) is 92.1 Å². The molecule has 0 aromatic carbocycles. The first-order valence-electron chi connectivity index (χ1n) is 6.66. The molecular weight excluding hydrogens is 292 g/mol. The number of hydrogen-bond acceptors (Lipinski definition) is 5. The summed E-state index contributed by atoms with van der Waals surface area (Å²) in [5.41, 5.74) is 1.48. The van der Waals surface area contributed by atoms with Gasteiger partial charge >= 0.3 is 0 Å². The maximum Gasteiger partial charge on any atom is 0.260 e. The summed E-state index contributed by atoms with van der Waals surface area (Å²) < 4.78 is 31.4. The van der Waals surface area contributed by atoms with E-state index in [1.54, 1.807) is 13.8 Å². The predicted molar refractivity (Wildman–Crippen MR) is 77.3 cm³/mol. The second kappa shape index (κ2) is 5.61. The Morgan fingerprint density at radius 3 is 2.52 bits per heavy atom. The van der Waals surface area contributed by atoms with E-state index in [0.29, 0.717) is 17.3 Å². The molecule has 0 amide bonds. The van der Waals surface area contributed by atoms with E-state index in [0.717, 1.165) is 5.56 Å². The van der Waals surface area contributed by atoms with Crippen LogP contribution in [0.1, 0.15) is 42.6 Å². The summed E-state index contributed by atoms with van der Waals surface area (Å²) in [7, 11) is -2.09. The van der Waals surface area contributed by atoms with Gasteiger partial charge in [-0.25, -0.2) is 13.4 Å². The number of imidazole rings is 1. The largest absolute Gasteiger partial charge is 0.361 e. The molecule has 0 aliphatic carbocycles. The van der Waals surface area contributed by atoms with Crippen molar-refractivity contribution < 1.29 is 12.9 Å². The average molecular weight is 312 g/mol. The van der Waals surface area contributed by atoms with Gasteiger partial charge in [0.25, 0.3) is 10.0 Å². The Morgan fingerprint density at radius 2 is 2.05 bits per heavy atom. The maximum absolute atomic E-state index is 12.5. The lowest BCUT2D eigenvalue weighted by atomic mass is 10.2. The van der Waals surface area contributed by atoms with Crippen LogP contribution in [0.3, 0.4) is 0 Å². The molecule has 0 aliphatic rings. The molecule has 8 heteroatoms. The molecule has 21 heavy (non-hydrogen) atoms. The number of aromatic amines is 1. The second-order valence-electron chi connectivity index (χ2n) is 5.35. The number of nitrogens with one attached hydrogen (secondary N) is 1. The molecular formula is C13H20N4O3S. The molecule has 0 unspecified atom stereocenters. The first-order chi connectivity index (χ1) is 9.73. The van der Waals surface area contributed by atoms with Crippen molar-refractivity contribution in [3.8, 4) is 0 Å². The fourth-order valence-electron chi connectivity index (χ4n) is 1.95. The Balaban J connectivity index is 2.26. The van der Waals surface area contributed by atoms with E-state index in [4.69, 9.17) is 4.52 Å². The third-order valence-electron chi connectivity index (χ3n) is 3.37. The number of hydrogen-bond donors (Lipinski definition) is 1. The quantitative estimate of drug-likeness (QED) is 0.911. The van der Waals surface area contributed by atoms with E-state index in [1.165, 1.54) is 17.5 Å². The van der Waals surface area contributed by atoms with Crippen LogP contribution < -0.4 is 0 Å². The molecule has 0 saturated heterocycles. The molecule has 2 aromatic rings. The van der Waals surface area contributed by atoms with Gasteiger partial charge in [0, 0.05) is 25.1 Å². The van der Waals surface area contributed by atoms with Crippen LogP contribution in [0.4, 0.5) is 0 Å². The fourth-order valence-corrected chi connectivity index (χ4v) is 3.00. The molecule has 0 saturated carbocycles. The van der Waals surface area contributed by atoms with Crippen LogP contribution in [0.2, 0.25) is 0 Å². The number of rotatable bonds is 5. The SMILES string of the molecule is Cc1noc(C)c1CN(C)S(=O)(=O)c1cnc(C(C)C)[nH]1. The third kappa shape index (κ3) is 3.01. The summed E-state index contributed by atoms with van der Waals surface area (Å²) in [5, 5.41) is 3.93. The summed E-state index contributed by atoms with van der Waals surface area (Å²) in [4.78, 5) is 6.97. The minimum absolute atomic E-state index is 0.0976. The Labute approximate surface area is 124 Å². The van der Waals surface area contributed by atoms with Crippen molar-refractivity contribution in [3.05, 3.63) is 29.0 Å². The molecule has 0 atom stereocenters. The summed E-state index contributed by atoms with van der Waals surface area (Å²) >= 11 is 0. The Hall–Kier alpha value is -1.67. The monoisotopic (exact) mass is 312 g/mol. The van der Waals surface area contributed by atoms with Gasteiger partial charge in [0.05, 0.1) is 11.9 Å². The maximum atomic E-state index is 12.5. The first-order valence-corrected chi connectivity index (χ1v) is 8.10. The van der Waals surface area contributed by atoms with Crippen molar-refractivity contribution in [2.24, 2.45) is 0 Å². The first kappa shape index (κ1) is 15.7. The van der Waals surface area contributed by atoms with Gasteiger partial charge in [0.2, 0.25) is 0 Å². The van der Waals surface area contributed by atoms with Crippen molar-refractivity contribution >= 4 is 10.0 Å². The molecule has 0 aliphatic heterocycles. The molecule has 2 rings (SSSR count). The number of aryl methyl sites for hydroxylation is 2. The van der Waals surface area contributed by atoms with E-state index in [1.807, 2.05) is 13.8 Å². The molecule has 0 fully saturated rings. The average Bonchev–Trinajstić information content (AvgIpc) is 3.01. The highest BCUT2D eigenvalue weighted by molar-refractivity contribution is 7.89. The summed E-state index contributed by atoms with van der Waals surface area (Å²) in [6, 6.07) is 0. The molecule has 0 spiro atoms. The van der Waals surface area contributed by atoms with E-state index in [9.17, 15) is 8.42 Å². The standard InChI is InChI=1S/C13H20N4O3S/c1-8(2)13-14-6-12(15-13)21(18,19)17(5)7-11-9(3)16-20-10(11)4/h6,8H,7H2,1-5H3,(H,14,15).